The second kappa shape index (κ2) is 11.6. The Kier molecular flexibility index (Phi) is 9.93. The molecular formula is C19H26N2O7S2. The number of hydrogen-bond donors (Lipinski definition) is 4. The Hall–Kier alpha value is -2.47. The minimum Gasteiger partial charge on any atom is -0.481 e. The second-order valence-corrected chi connectivity index (χ2v) is 9.65. The molecule has 0 saturated heterocycles. The van der Waals surface area contributed by atoms with Gasteiger partial charge in [-0.2, -0.15) is 8.42 Å². The average molecular weight is 459 g/mol. The number of nitrogen functional groups attached to an aromatic ring is 1. The minimum atomic E-state index is -4.02. The van der Waals surface area contributed by atoms with E-state index in [9.17, 15) is 21.6 Å². The molecule has 0 aliphatic carbocycles. The van der Waals surface area contributed by atoms with E-state index >= 15 is 0 Å². The fraction of sp³-hybridized carbons (Fsp3) is 0.316. The highest BCUT2D eigenvalue weighted by Gasteiger charge is 2.12. The van der Waals surface area contributed by atoms with Crippen molar-refractivity contribution < 1.29 is 31.3 Å². The van der Waals surface area contributed by atoms with Gasteiger partial charge in [-0.3, -0.25) is 9.35 Å². The molecule has 2 aromatic carbocycles. The number of nitrogens with two attached hydrogens (primary N) is 1. The Bertz CT molecular complexity index is 1020. The maximum absolute atomic E-state index is 11.8. The van der Waals surface area contributed by atoms with Crippen molar-refractivity contribution in [2.45, 2.75) is 42.4 Å². The third-order valence-corrected chi connectivity index (χ3v) is 6.21. The van der Waals surface area contributed by atoms with E-state index < -0.39 is 26.1 Å². The van der Waals surface area contributed by atoms with Crippen molar-refractivity contribution in [2.75, 3.05) is 12.3 Å². The van der Waals surface area contributed by atoms with Crippen LogP contribution in [0, 0.1) is 6.92 Å². The third kappa shape index (κ3) is 9.83. The molecule has 0 fully saturated rings. The SMILES string of the molecule is Cc1ccc(S(=O)(=O)O)cc1.Nc1ccc(S(=O)(=O)NCCCCCC(=O)O)cc1. The summed E-state index contributed by atoms with van der Waals surface area (Å²) in [6.07, 6.45) is 1.96. The quantitative estimate of drug-likeness (QED) is 0.253. The maximum atomic E-state index is 11.8. The number of anilines is 1. The molecule has 0 amide bonds. The molecule has 0 unspecified atom stereocenters. The highest BCUT2D eigenvalue weighted by Crippen LogP contribution is 2.11. The summed E-state index contributed by atoms with van der Waals surface area (Å²) in [7, 11) is -7.52. The monoisotopic (exact) mass is 458 g/mol. The van der Waals surface area contributed by atoms with Crippen LogP contribution in [0.3, 0.4) is 0 Å². The molecule has 0 radical (unpaired) electrons. The van der Waals surface area contributed by atoms with Gasteiger partial charge in [-0.05, 0) is 56.2 Å². The van der Waals surface area contributed by atoms with Gasteiger partial charge in [-0.25, -0.2) is 13.1 Å². The normalized spacial score (nSPS) is 11.4. The number of nitrogens with one attached hydrogen (secondary N) is 1. The second-order valence-electron chi connectivity index (χ2n) is 6.46. The third-order valence-electron chi connectivity index (χ3n) is 3.87. The van der Waals surface area contributed by atoms with Crippen molar-refractivity contribution in [3.05, 3.63) is 54.1 Å². The molecular weight excluding hydrogens is 432 g/mol. The summed E-state index contributed by atoms with van der Waals surface area (Å²) in [4.78, 5) is 10.4. The number of carbonyl (C=O) groups is 1. The van der Waals surface area contributed by atoms with Crippen molar-refractivity contribution in [1.82, 2.24) is 4.72 Å². The van der Waals surface area contributed by atoms with Crippen molar-refractivity contribution in [2.24, 2.45) is 0 Å². The number of benzene rings is 2. The minimum absolute atomic E-state index is 0.0666. The molecule has 2 aromatic rings. The molecule has 30 heavy (non-hydrogen) atoms. The van der Waals surface area contributed by atoms with Crippen LogP contribution < -0.4 is 10.5 Å². The summed E-state index contributed by atoms with van der Waals surface area (Å²) >= 11 is 0. The first kappa shape index (κ1) is 25.6. The molecule has 0 spiro atoms. The van der Waals surface area contributed by atoms with Crippen LogP contribution in [0.2, 0.25) is 0 Å². The molecule has 5 N–H and O–H groups in total. The number of aliphatic carboxylic acids is 1. The lowest BCUT2D eigenvalue weighted by Crippen LogP contribution is -2.24. The Balaban J connectivity index is 0.000000346. The van der Waals surface area contributed by atoms with Crippen molar-refractivity contribution in [1.29, 1.82) is 0 Å². The highest BCUT2D eigenvalue weighted by molar-refractivity contribution is 7.89. The summed E-state index contributed by atoms with van der Waals surface area (Å²) in [5.41, 5.74) is 6.95. The van der Waals surface area contributed by atoms with Crippen LogP contribution in [0.25, 0.3) is 0 Å². The Morgan fingerprint density at radius 1 is 0.900 bits per heavy atom. The smallest absolute Gasteiger partial charge is 0.303 e. The van der Waals surface area contributed by atoms with E-state index in [-0.39, 0.29) is 16.2 Å². The van der Waals surface area contributed by atoms with E-state index in [0.29, 0.717) is 31.5 Å². The van der Waals surface area contributed by atoms with Crippen LogP contribution in [0.5, 0.6) is 0 Å². The summed E-state index contributed by atoms with van der Waals surface area (Å²) in [6.45, 7) is 2.14. The van der Waals surface area contributed by atoms with Crippen molar-refractivity contribution in [3.63, 3.8) is 0 Å². The standard InChI is InChI=1S/C12H18N2O4S.C7H8O3S/c13-10-5-7-11(8-6-10)19(17,18)14-9-3-1-2-4-12(15)16;1-6-2-4-7(5-3-6)11(8,9)10/h5-8,14H,1-4,9,13H2,(H,15,16);2-5H,1H3,(H,8,9,10). The molecule has 0 aromatic heterocycles. The number of carboxylic acids is 1. The number of unbranched alkanes of at least 4 members (excludes halogenated alkanes) is 2. The van der Waals surface area contributed by atoms with Gasteiger partial charge in [0.1, 0.15) is 0 Å². The summed E-state index contributed by atoms with van der Waals surface area (Å²) < 4.78 is 55.7. The van der Waals surface area contributed by atoms with Gasteiger partial charge in [0.25, 0.3) is 10.1 Å². The van der Waals surface area contributed by atoms with Crippen molar-refractivity contribution in [3.8, 4) is 0 Å². The van der Waals surface area contributed by atoms with E-state index in [1.165, 1.54) is 36.4 Å². The predicted octanol–water partition coefficient (Wildman–Crippen LogP) is 2.43. The average Bonchev–Trinajstić information content (AvgIpc) is 2.65. The Labute approximate surface area is 176 Å². The van der Waals surface area contributed by atoms with Crippen molar-refractivity contribution >= 4 is 31.8 Å². The van der Waals surface area contributed by atoms with E-state index in [4.69, 9.17) is 15.4 Å². The maximum Gasteiger partial charge on any atom is 0.303 e. The Morgan fingerprint density at radius 2 is 1.43 bits per heavy atom. The number of sulfonamides is 1. The van der Waals surface area contributed by atoms with Gasteiger partial charge >= 0.3 is 5.97 Å². The molecule has 0 aliphatic heterocycles. The van der Waals surface area contributed by atoms with Gasteiger partial charge in [0, 0.05) is 18.7 Å². The van der Waals surface area contributed by atoms with E-state index in [0.717, 1.165) is 5.56 Å². The van der Waals surface area contributed by atoms with Gasteiger partial charge in [0.05, 0.1) is 9.79 Å². The molecule has 0 atom stereocenters. The molecule has 0 heterocycles. The number of rotatable bonds is 9. The fourth-order valence-corrected chi connectivity index (χ4v) is 3.78. The summed E-state index contributed by atoms with van der Waals surface area (Å²) in [5.74, 6) is -0.831. The van der Waals surface area contributed by atoms with Crippen LogP contribution in [0.15, 0.2) is 58.3 Å². The lowest BCUT2D eigenvalue weighted by Gasteiger charge is -2.06. The van der Waals surface area contributed by atoms with Crippen LogP contribution >= 0.6 is 0 Å². The highest BCUT2D eigenvalue weighted by atomic mass is 32.2. The lowest BCUT2D eigenvalue weighted by molar-refractivity contribution is -0.137. The van der Waals surface area contributed by atoms with Gasteiger partial charge in [-0.15, -0.1) is 0 Å². The first-order chi connectivity index (χ1) is 13.9. The van der Waals surface area contributed by atoms with Gasteiger partial charge in [0.2, 0.25) is 10.0 Å². The van der Waals surface area contributed by atoms with E-state index in [2.05, 4.69) is 4.72 Å². The zero-order valence-electron chi connectivity index (χ0n) is 16.5. The van der Waals surface area contributed by atoms with Gasteiger partial charge < -0.3 is 10.8 Å². The molecule has 11 heteroatoms. The summed E-state index contributed by atoms with van der Waals surface area (Å²) in [5, 5.41) is 8.45. The van der Waals surface area contributed by atoms with Crippen LogP contribution in [0.1, 0.15) is 31.2 Å². The first-order valence-corrected chi connectivity index (χ1v) is 12.0. The Morgan fingerprint density at radius 3 is 1.93 bits per heavy atom. The largest absolute Gasteiger partial charge is 0.481 e. The fourth-order valence-electron chi connectivity index (χ4n) is 2.23. The molecule has 166 valence electrons. The first-order valence-electron chi connectivity index (χ1n) is 9.03. The number of aryl methyl sites for hydroxylation is 1. The summed E-state index contributed by atoms with van der Waals surface area (Å²) in [6, 6.07) is 11.9. The molecule has 0 bridgehead atoms. The molecule has 0 saturated carbocycles. The lowest BCUT2D eigenvalue weighted by atomic mass is 10.2. The zero-order chi connectivity index (χ0) is 22.8. The van der Waals surface area contributed by atoms with Gasteiger partial charge in [-0.1, -0.05) is 24.1 Å². The predicted molar refractivity (Wildman–Crippen MR) is 113 cm³/mol. The molecule has 2 rings (SSSR count). The zero-order valence-corrected chi connectivity index (χ0v) is 18.1. The van der Waals surface area contributed by atoms with Gasteiger partial charge in [0.15, 0.2) is 0 Å². The van der Waals surface area contributed by atoms with Crippen LogP contribution in [-0.2, 0) is 24.9 Å². The molecule has 9 nitrogen and oxygen atoms in total. The number of carboxylic acid groups (broad SMARTS) is 1. The van der Waals surface area contributed by atoms with E-state index in [1.54, 1.807) is 12.1 Å². The topological polar surface area (TPSA) is 164 Å². The van der Waals surface area contributed by atoms with Crippen LogP contribution in [-0.4, -0.2) is 39.0 Å². The van der Waals surface area contributed by atoms with E-state index in [1.807, 2.05) is 6.92 Å². The molecule has 0 aliphatic rings. The number of hydrogen-bond acceptors (Lipinski definition) is 6. The van der Waals surface area contributed by atoms with Crippen LogP contribution in [0.4, 0.5) is 5.69 Å².